The molecule has 0 fully saturated rings. The first-order valence-electron chi connectivity index (χ1n) is 12.3. The molecule has 0 bridgehead atoms. The molecule has 12 heteroatoms. The molecule has 1 heterocycles. The Morgan fingerprint density at radius 3 is 2.31 bits per heavy atom. The fourth-order valence-electron chi connectivity index (χ4n) is 4.26. The lowest BCUT2D eigenvalue weighted by atomic mass is 10.1. The molecule has 10 nitrogen and oxygen atoms in total. The summed E-state index contributed by atoms with van der Waals surface area (Å²) >= 11 is 1.50. The van der Waals surface area contributed by atoms with Gasteiger partial charge in [-0.2, -0.15) is 4.72 Å². The molecule has 1 aromatic heterocycles. The maximum atomic E-state index is 13.5. The number of nitrogens with one attached hydrogen (secondary N) is 2. The van der Waals surface area contributed by atoms with Gasteiger partial charge in [0.2, 0.25) is 21.8 Å². The van der Waals surface area contributed by atoms with Crippen molar-refractivity contribution in [3.8, 4) is 0 Å². The van der Waals surface area contributed by atoms with Gasteiger partial charge in [0.15, 0.2) is 5.96 Å². The summed E-state index contributed by atoms with van der Waals surface area (Å²) in [6.45, 7) is 0.198. The summed E-state index contributed by atoms with van der Waals surface area (Å²) in [5.74, 6) is -1.50. The monoisotopic (exact) mass is 566 g/mol. The molecule has 0 aliphatic rings. The van der Waals surface area contributed by atoms with E-state index in [9.17, 15) is 18.0 Å². The molecular weight excluding hydrogens is 536 g/mol. The van der Waals surface area contributed by atoms with Crippen molar-refractivity contribution in [1.82, 2.24) is 10.0 Å². The summed E-state index contributed by atoms with van der Waals surface area (Å²) in [7, 11) is -4.13. The van der Waals surface area contributed by atoms with E-state index in [0.717, 1.165) is 20.3 Å². The van der Waals surface area contributed by atoms with Crippen LogP contribution in [0.4, 0.5) is 0 Å². The van der Waals surface area contributed by atoms with Crippen molar-refractivity contribution in [1.29, 1.82) is 0 Å². The summed E-state index contributed by atoms with van der Waals surface area (Å²) < 4.78 is 30.5. The van der Waals surface area contributed by atoms with Crippen LogP contribution in [0.5, 0.6) is 0 Å². The second kappa shape index (κ2) is 12.2. The van der Waals surface area contributed by atoms with Crippen molar-refractivity contribution in [2.75, 3.05) is 6.54 Å². The highest BCUT2D eigenvalue weighted by molar-refractivity contribution is 7.89. The fourth-order valence-corrected chi connectivity index (χ4v) is 6.83. The van der Waals surface area contributed by atoms with Crippen molar-refractivity contribution in [2.24, 2.45) is 22.2 Å². The third kappa shape index (κ3) is 7.11. The minimum atomic E-state index is -4.13. The van der Waals surface area contributed by atoms with Crippen LogP contribution < -0.4 is 27.2 Å². The molecule has 0 spiro atoms. The highest BCUT2D eigenvalue weighted by atomic mass is 32.2. The van der Waals surface area contributed by atoms with Crippen LogP contribution in [0, 0.1) is 0 Å². The van der Waals surface area contributed by atoms with Gasteiger partial charge in [-0.1, -0.05) is 54.6 Å². The largest absolute Gasteiger partial charge is 0.370 e. The molecule has 3 aromatic carbocycles. The zero-order valence-electron chi connectivity index (χ0n) is 21.0. The van der Waals surface area contributed by atoms with E-state index in [1.165, 1.54) is 17.4 Å². The molecule has 39 heavy (non-hydrogen) atoms. The topological polar surface area (TPSA) is 183 Å². The Balaban J connectivity index is 1.56. The number of fused-ring (bicyclic) bond motifs is 2. The second-order valence-electron chi connectivity index (χ2n) is 9.02. The van der Waals surface area contributed by atoms with Gasteiger partial charge in [0, 0.05) is 27.9 Å². The smallest absolute Gasteiger partial charge is 0.241 e. The second-order valence-corrected chi connectivity index (χ2v) is 11.9. The molecule has 8 N–H and O–H groups in total. The van der Waals surface area contributed by atoms with Crippen molar-refractivity contribution in [3.05, 3.63) is 77.7 Å². The molecule has 0 saturated heterocycles. The zero-order valence-corrected chi connectivity index (χ0v) is 22.7. The molecule has 2 amide bonds. The standard InChI is InChI=1S/C27H30N6O4S2/c28-25(34)22(16-19-15-18-8-2-4-12-23(18)38-19)32-26(35)21(11-6-14-31-27(29)30)33-39(36,37)24-13-5-9-17-7-1-3-10-20(17)24/h1-5,7-10,12-13,15,21-22,33H,6,11,14,16H2,(H2,28,34)(H,32,35)(H4,29,30,31)/t21-,22+/m0/s1. The highest BCUT2D eigenvalue weighted by Crippen LogP contribution is 2.26. The Morgan fingerprint density at radius 2 is 1.59 bits per heavy atom. The number of primary amides is 1. The maximum absolute atomic E-state index is 13.5. The molecule has 4 rings (SSSR count). The van der Waals surface area contributed by atoms with Crippen molar-refractivity contribution in [2.45, 2.75) is 36.2 Å². The van der Waals surface area contributed by atoms with Gasteiger partial charge in [-0.05, 0) is 41.8 Å². The van der Waals surface area contributed by atoms with Crippen LogP contribution in [0.2, 0.25) is 0 Å². The fraction of sp³-hybridized carbons (Fsp3) is 0.222. The van der Waals surface area contributed by atoms with Crippen LogP contribution in [-0.2, 0) is 26.0 Å². The predicted octanol–water partition coefficient (Wildman–Crippen LogP) is 1.97. The molecule has 0 radical (unpaired) electrons. The summed E-state index contributed by atoms with van der Waals surface area (Å²) in [6.07, 6.45) is 0.573. The van der Waals surface area contributed by atoms with E-state index in [2.05, 4.69) is 15.0 Å². The van der Waals surface area contributed by atoms with Gasteiger partial charge in [-0.15, -0.1) is 11.3 Å². The van der Waals surface area contributed by atoms with Crippen LogP contribution in [0.1, 0.15) is 17.7 Å². The molecule has 4 aromatic rings. The Labute approximate surface area is 230 Å². The van der Waals surface area contributed by atoms with E-state index in [4.69, 9.17) is 17.2 Å². The molecule has 0 unspecified atom stereocenters. The van der Waals surface area contributed by atoms with Gasteiger partial charge < -0.3 is 22.5 Å². The van der Waals surface area contributed by atoms with Crippen molar-refractivity contribution in [3.63, 3.8) is 0 Å². The Morgan fingerprint density at radius 1 is 0.897 bits per heavy atom. The highest BCUT2D eigenvalue weighted by Gasteiger charge is 2.29. The van der Waals surface area contributed by atoms with Gasteiger partial charge in [0.25, 0.3) is 0 Å². The minimum Gasteiger partial charge on any atom is -0.370 e. The maximum Gasteiger partial charge on any atom is 0.241 e. The Hall–Kier alpha value is -4.00. The summed E-state index contributed by atoms with van der Waals surface area (Å²) in [4.78, 5) is 30.5. The average Bonchev–Trinajstić information content (AvgIpc) is 3.32. The van der Waals surface area contributed by atoms with Gasteiger partial charge in [0.1, 0.15) is 12.1 Å². The third-order valence-electron chi connectivity index (χ3n) is 6.14. The molecule has 0 aliphatic heterocycles. The number of nitrogens with two attached hydrogens (primary N) is 3. The first-order valence-corrected chi connectivity index (χ1v) is 14.6. The lowest BCUT2D eigenvalue weighted by Gasteiger charge is -2.22. The van der Waals surface area contributed by atoms with Crippen LogP contribution in [-0.4, -0.2) is 44.8 Å². The molecule has 2 atom stereocenters. The van der Waals surface area contributed by atoms with Gasteiger partial charge in [-0.25, -0.2) is 8.42 Å². The third-order valence-corrected chi connectivity index (χ3v) is 8.81. The van der Waals surface area contributed by atoms with Crippen LogP contribution in [0.15, 0.2) is 82.7 Å². The molecule has 0 saturated carbocycles. The van der Waals surface area contributed by atoms with Crippen molar-refractivity contribution < 1.29 is 18.0 Å². The molecule has 204 valence electrons. The SMILES string of the molecule is NC(=O)[C@@H](Cc1cc2ccccc2s1)NC(=O)[C@H](CCCN=C(N)N)NS(=O)(=O)c1cccc2ccccc12. The number of benzene rings is 3. The molecule has 0 aliphatic carbocycles. The number of guanidine groups is 1. The minimum absolute atomic E-state index is 0.0411. The van der Waals surface area contributed by atoms with E-state index in [-0.39, 0.29) is 30.2 Å². The van der Waals surface area contributed by atoms with Crippen LogP contribution >= 0.6 is 11.3 Å². The van der Waals surface area contributed by atoms with Gasteiger partial charge in [-0.3, -0.25) is 14.6 Å². The summed E-state index contributed by atoms with van der Waals surface area (Å²) in [5.41, 5.74) is 16.4. The predicted molar refractivity (Wildman–Crippen MR) is 155 cm³/mol. The quantitative estimate of drug-likeness (QED) is 0.0992. The summed E-state index contributed by atoms with van der Waals surface area (Å²) in [5, 5.41) is 4.93. The number of hydrogen-bond acceptors (Lipinski definition) is 6. The van der Waals surface area contributed by atoms with E-state index in [0.29, 0.717) is 11.8 Å². The Bertz CT molecular complexity index is 1590. The van der Waals surface area contributed by atoms with E-state index in [1.54, 1.807) is 30.3 Å². The first kappa shape index (κ1) is 28.0. The number of carbonyl (C=O) groups is 2. The van der Waals surface area contributed by atoms with Gasteiger partial charge in [0.05, 0.1) is 4.90 Å². The van der Waals surface area contributed by atoms with E-state index >= 15 is 0 Å². The van der Waals surface area contributed by atoms with Gasteiger partial charge >= 0.3 is 0 Å². The number of thiophene rings is 1. The number of carbonyl (C=O) groups excluding carboxylic acids is 2. The van der Waals surface area contributed by atoms with Crippen LogP contribution in [0.3, 0.4) is 0 Å². The lowest BCUT2D eigenvalue weighted by molar-refractivity contribution is -0.128. The Kier molecular flexibility index (Phi) is 8.79. The van der Waals surface area contributed by atoms with Crippen LogP contribution in [0.25, 0.3) is 20.9 Å². The molecular formula is C27H30N6O4S2. The van der Waals surface area contributed by atoms with Crippen molar-refractivity contribution >= 4 is 60.0 Å². The number of amides is 2. The summed E-state index contributed by atoms with van der Waals surface area (Å²) in [6, 6.07) is 19.5. The van der Waals surface area contributed by atoms with E-state index < -0.39 is 33.9 Å². The average molecular weight is 567 g/mol. The first-order chi connectivity index (χ1) is 18.6. The number of rotatable bonds is 12. The number of sulfonamides is 1. The number of nitrogens with zero attached hydrogens (tertiary/aromatic N) is 1. The number of hydrogen-bond donors (Lipinski definition) is 5. The lowest BCUT2D eigenvalue weighted by Crippen LogP contribution is -2.53. The zero-order chi connectivity index (χ0) is 28.0. The number of aliphatic imine (C=N–C) groups is 1. The van der Waals surface area contributed by atoms with E-state index in [1.807, 2.05) is 36.4 Å². The normalized spacial score (nSPS) is 13.1.